The van der Waals surface area contributed by atoms with Crippen molar-refractivity contribution in [3.05, 3.63) is 76.9 Å². The Kier molecular flexibility index (Phi) is 3.80. The number of thiazole rings is 1. The molecule has 0 atom stereocenters. The molecule has 2 aromatic carbocycles. The van der Waals surface area contributed by atoms with E-state index in [0.29, 0.717) is 16.4 Å². The zero-order chi connectivity index (χ0) is 16.5. The van der Waals surface area contributed by atoms with Gasteiger partial charge in [-0.3, -0.25) is 9.20 Å². The van der Waals surface area contributed by atoms with E-state index in [2.05, 4.69) is 10.3 Å². The third kappa shape index (κ3) is 2.79. The molecule has 24 heavy (non-hydrogen) atoms. The highest BCUT2D eigenvalue weighted by Gasteiger charge is 2.15. The molecular weight excluding hydrogens is 342 g/mol. The highest BCUT2D eigenvalue weighted by molar-refractivity contribution is 7.15. The molecule has 4 aromatic rings. The summed E-state index contributed by atoms with van der Waals surface area (Å²) in [4.78, 5) is 17.9. The van der Waals surface area contributed by atoms with Gasteiger partial charge in [-0.15, -0.1) is 11.3 Å². The van der Waals surface area contributed by atoms with Crippen LogP contribution in [0.5, 0.6) is 0 Å². The standard InChI is InChI=1S/C18H12ClN3OS/c19-13-7-4-8-14(9-13)20-17(23)16-11-24-18-21-15(10-22(16)18)12-5-2-1-3-6-12/h1-11H,(H,20,23). The quantitative estimate of drug-likeness (QED) is 0.565. The topological polar surface area (TPSA) is 46.4 Å². The predicted octanol–water partition coefficient (Wildman–Crippen LogP) is 4.97. The van der Waals surface area contributed by atoms with E-state index in [0.717, 1.165) is 16.2 Å². The third-order valence-corrected chi connectivity index (χ3v) is 4.67. The van der Waals surface area contributed by atoms with Gasteiger partial charge in [-0.05, 0) is 18.2 Å². The second-order valence-electron chi connectivity index (χ2n) is 5.23. The Morgan fingerprint density at radius 3 is 2.75 bits per heavy atom. The first kappa shape index (κ1) is 14.9. The first-order valence-corrected chi connectivity index (χ1v) is 8.55. The van der Waals surface area contributed by atoms with Crippen molar-refractivity contribution >= 4 is 39.5 Å². The van der Waals surface area contributed by atoms with E-state index in [1.807, 2.05) is 40.9 Å². The minimum atomic E-state index is -0.194. The Bertz CT molecular complexity index is 1020. The van der Waals surface area contributed by atoms with Crippen LogP contribution in [-0.2, 0) is 0 Å². The largest absolute Gasteiger partial charge is 0.321 e. The lowest BCUT2D eigenvalue weighted by Gasteiger charge is -2.04. The van der Waals surface area contributed by atoms with E-state index in [4.69, 9.17) is 11.6 Å². The summed E-state index contributed by atoms with van der Waals surface area (Å²) in [5, 5.41) is 5.24. The average molecular weight is 354 g/mol. The molecule has 4 rings (SSSR count). The lowest BCUT2D eigenvalue weighted by molar-refractivity contribution is 0.102. The molecule has 0 saturated carbocycles. The van der Waals surface area contributed by atoms with E-state index in [9.17, 15) is 4.79 Å². The number of benzene rings is 2. The van der Waals surface area contributed by atoms with Gasteiger partial charge in [-0.25, -0.2) is 4.98 Å². The monoisotopic (exact) mass is 353 g/mol. The lowest BCUT2D eigenvalue weighted by Crippen LogP contribution is -2.13. The number of imidazole rings is 1. The van der Waals surface area contributed by atoms with E-state index >= 15 is 0 Å². The summed E-state index contributed by atoms with van der Waals surface area (Å²) in [5.74, 6) is -0.194. The molecule has 0 fully saturated rings. The van der Waals surface area contributed by atoms with Crippen LogP contribution in [0.15, 0.2) is 66.2 Å². The van der Waals surface area contributed by atoms with Crippen LogP contribution in [0.4, 0.5) is 5.69 Å². The fraction of sp³-hybridized carbons (Fsp3) is 0. The zero-order valence-electron chi connectivity index (χ0n) is 12.4. The van der Waals surface area contributed by atoms with Crippen LogP contribution in [0.25, 0.3) is 16.2 Å². The number of nitrogens with zero attached hydrogens (tertiary/aromatic N) is 2. The number of hydrogen-bond donors (Lipinski definition) is 1. The Balaban J connectivity index is 1.67. The number of rotatable bonds is 3. The van der Waals surface area contributed by atoms with E-state index in [-0.39, 0.29) is 5.91 Å². The number of halogens is 1. The molecule has 0 aliphatic heterocycles. The molecule has 0 aliphatic carbocycles. The molecule has 0 radical (unpaired) electrons. The molecule has 118 valence electrons. The molecule has 1 N–H and O–H groups in total. The summed E-state index contributed by atoms with van der Waals surface area (Å²) in [7, 11) is 0. The van der Waals surface area contributed by atoms with Gasteiger partial charge in [0, 0.05) is 27.9 Å². The summed E-state index contributed by atoms with van der Waals surface area (Å²) >= 11 is 7.39. The molecule has 0 unspecified atom stereocenters. The summed E-state index contributed by atoms with van der Waals surface area (Å²) in [6, 6.07) is 17.0. The van der Waals surface area contributed by atoms with Crippen molar-refractivity contribution in [3.8, 4) is 11.3 Å². The molecule has 0 spiro atoms. The molecule has 2 heterocycles. The molecule has 2 aromatic heterocycles. The van der Waals surface area contributed by atoms with Crippen LogP contribution in [0.3, 0.4) is 0 Å². The molecule has 1 amide bonds. The normalized spacial score (nSPS) is 10.9. The van der Waals surface area contributed by atoms with Crippen LogP contribution in [0.1, 0.15) is 10.5 Å². The maximum Gasteiger partial charge on any atom is 0.273 e. The van der Waals surface area contributed by atoms with Gasteiger partial charge in [0.1, 0.15) is 5.69 Å². The number of carbonyl (C=O) groups is 1. The maximum absolute atomic E-state index is 12.6. The van der Waals surface area contributed by atoms with Crippen molar-refractivity contribution in [1.82, 2.24) is 9.38 Å². The van der Waals surface area contributed by atoms with Crippen LogP contribution in [0, 0.1) is 0 Å². The molecule has 6 heteroatoms. The Hall–Kier alpha value is -2.63. The second-order valence-corrected chi connectivity index (χ2v) is 6.50. The van der Waals surface area contributed by atoms with Crippen molar-refractivity contribution < 1.29 is 4.79 Å². The Labute approximate surface area is 147 Å². The minimum absolute atomic E-state index is 0.194. The molecule has 0 saturated heterocycles. The lowest BCUT2D eigenvalue weighted by atomic mass is 10.2. The van der Waals surface area contributed by atoms with Crippen molar-refractivity contribution in [3.63, 3.8) is 0 Å². The van der Waals surface area contributed by atoms with E-state index in [1.54, 1.807) is 29.6 Å². The smallest absolute Gasteiger partial charge is 0.273 e. The van der Waals surface area contributed by atoms with Gasteiger partial charge in [0.05, 0.1) is 5.69 Å². The zero-order valence-corrected chi connectivity index (χ0v) is 14.0. The first-order valence-electron chi connectivity index (χ1n) is 7.29. The summed E-state index contributed by atoms with van der Waals surface area (Å²) in [5.41, 5.74) is 3.08. The summed E-state index contributed by atoms with van der Waals surface area (Å²) in [6.07, 6.45) is 1.88. The molecule has 0 bridgehead atoms. The SMILES string of the molecule is O=C(Nc1cccc(Cl)c1)c1csc2nc(-c3ccccc3)cn12. The Morgan fingerprint density at radius 1 is 1.12 bits per heavy atom. The molecule has 0 aliphatic rings. The fourth-order valence-electron chi connectivity index (χ4n) is 2.46. The number of anilines is 1. The van der Waals surface area contributed by atoms with Crippen LogP contribution < -0.4 is 5.32 Å². The van der Waals surface area contributed by atoms with Crippen molar-refractivity contribution in [1.29, 1.82) is 0 Å². The number of nitrogens with one attached hydrogen (secondary N) is 1. The fourth-order valence-corrected chi connectivity index (χ4v) is 3.50. The second kappa shape index (κ2) is 6.11. The number of fused-ring (bicyclic) bond motifs is 1. The van der Waals surface area contributed by atoms with Gasteiger partial charge in [-0.1, -0.05) is 48.0 Å². The number of aromatic nitrogens is 2. The van der Waals surface area contributed by atoms with Gasteiger partial charge in [0.15, 0.2) is 4.96 Å². The maximum atomic E-state index is 12.6. The molecule has 4 nitrogen and oxygen atoms in total. The van der Waals surface area contributed by atoms with Crippen molar-refractivity contribution in [2.45, 2.75) is 0 Å². The van der Waals surface area contributed by atoms with Crippen molar-refractivity contribution in [2.75, 3.05) is 5.32 Å². The van der Waals surface area contributed by atoms with Crippen molar-refractivity contribution in [2.24, 2.45) is 0 Å². The first-order chi connectivity index (χ1) is 11.7. The van der Waals surface area contributed by atoms with Gasteiger partial charge in [0.2, 0.25) is 0 Å². The minimum Gasteiger partial charge on any atom is -0.321 e. The third-order valence-electron chi connectivity index (χ3n) is 3.59. The highest BCUT2D eigenvalue weighted by atomic mass is 35.5. The van der Waals surface area contributed by atoms with Crippen LogP contribution in [-0.4, -0.2) is 15.3 Å². The van der Waals surface area contributed by atoms with Crippen LogP contribution >= 0.6 is 22.9 Å². The van der Waals surface area contributed by atoms with Crippen LogP contribution in [0.2, 0.25) is 5.02 Å². The van der Waals surface area contributed by atoms with Gasteiger partial charge >= 0.3 is 0 Å². The molecular formula is C18H12ClN3OS. The van der Waals surface area contributed by atoms with Gasteiger partial charge in [0.25, 0.3) is 5.91 Å². The van der Waals surface area contributed by atoms with E-state index in [1.165, 1.54) is 11.3 Å². The predicted molar refractivity (Wildman–Crippen MR) is 97.9 cm³/mol. The number of hydrogen-bond acceptors (Lipinski definition) is 3. The highest BCUT2D eigenvalue weighted by Crippen LogP contribution is 2.24. The summed E-state index contributed by atoms with van der Waals surface area (Å²) < 4.78 is 1.81. The van der Waals surface area contributed by atoms with E-state index < -0.39 is 0 Å². The van der Waals surface area contributed by atoms with Gasteiger partial charge in [-0.2, -0.15) is 0 Å². The average Bonchev–Trinajstić information content (AvgIpc) is 3.16. The Morgan fingerprint density at radius 2 is 1.96 bits per heavy atom. The number of carbonyl (C=O) groups excluding carboxylic acids is 1. The summed E-state index contributed by atoms with van der Waals surface area (Å²) in [6.45, 7) is 0. The van der Waals surface area contributed by atoms with Gasteiger partial charge < -0.3 is 5.32 Å². The number of amides is 1.